The molecule has 0 saturated carbocycles. The second-order valence-corrected chi connectivity index (χ2v) is 9.44. The molecule has 0 fully saturated rings. The summed E-state index contributed by atoms with van der Waals surface area (Å²) in [5.41, 5.74) is 2.57. The standard InChI is InChI=1S/C26H19F3N4O2S/c27-17-5-1-15(2-6-17)21-13-22(16-3-7-18(28)8-4-16)33(32-21)26-31-25(35)23(36-26)14-24(34)30-20-11-9-19(29)10-12-20/h1-12,22-23H,13-14H2,(H,30,34)/t22-,23+/m1/s1. The van der Waals surface area contributed by atoms with Gasteiger partial charge in [0.1, 0.15) is 22.7 Å². The Bertz CT molecular complexity index is 1360. The van der Waals surface area contributed by atoms with E-state index in [4.69, 9.17) is 0 Å². The van der Waals surface area contributed by atoms with Crippen LogP contribution in [0.15, 0.2) is 82.9 Å². The number of thioether (sulfide) groups is 1. The lowest BCUT2D eigenvalue weighted by atomic mass is 9.98. The maximum Gasteiger partial charge on any atom is 0.262 e. The van der Waals surface area contributed by atoms with E-state index in [9.17, 15) is 22.8 Å². The third-order valence-electron chi connectivity index (χ3n) is 5.77. The van der Waals surface area contributed by atoms with Crippen LogP contribution in [0, 0.1) is 17.5 Å². The van der Waals surface area contributed by atoms with E-state index in [1.165, 1.54) is 48.5 Å². The Morgan fingerprint density at radius 3 is 2.14 bits per heavy atom. The predicted octanol–water partition coefficient (Wildman–Crippen LogP) is 5.28. The van der Waals surface area contributed by atoms with E-state index in [0.29, 0.717) is 23.0 Å². The summed E-state index contributed by atoms with van der Waals surface area (Å²) >= 11 is 1.12. The number of nitrogens with zero attached hydrogens (tertiary/aromatic N) is 3. The highest BCUT2D eigenvalue weighted by atomic mass is 32.2. The van der Waals surface area contributed by atoms with Gasteiger partial charge >= 0.3 is 0 Å². The molecule has 182 valence electrons. The summed E-state index contributed by atoms with van der Waals surface area (Å²) in [6.07, 6.45) is 0.304. The Labute approximate surface area is 208 Å². The van der Waals surface area contributed by atoms with Gasteiger partial charge in [-0.3, -0.25) is 9.59 Å². The number of halogens is 3. The summed E-state index contributed by atoms with van der Waals surface area (Å²) in [6.45, 7) is 0. The van der Waals surface area contributed by atoms with Gasteiger partial charge in [-0.2, -0.15) is 10.1 Å². The van der Waals surface area contributed by atoms with Crippen molar-refractivity contribution in [2.45, 2.75) is 24.1 Å². The van der Waals surface area contributed by atoms with Crippen LogP contribution < -0.4 is 5.32 Å². The van der Waals surface area contributed by atoms with Crippen LogP contribution in [0.3, 0.4) is 0 Å². The SMILES string of the molecule is O=C(C[C@@H]1SC(N2N=C(c3ccc(F)cc3)C[C@@H]2c2ccc(F)cc2)=NC1=O)Nc1ccc(F)cc1. The van der Waals surface area contributed by atoms with Crippen molar-refractivity contribution >= 4 is 40.1 Å². The fourth-order valence-electron chi connectivity index (χ4n) is 3.97. The van der Waals surface area contributed by atoms with Crippen molar-refractivity contribution in [1.82, 2.24) is 5.01 Å². The molecule has 3 aromatic carbocycles. The van der Waals surface area contributed by atoms with Gasteiger partial charge in [0.2, 0.25) is 5.91 Å². The molecule has 2 aliphatic rings. The molecule has 2 aliphatic heterocycles. The lowest BCUT2D eigenvalue weighted by Crippen LogP contribution is -2.25. The Hall–Kier alpha value is -3.92. The largest absolute Gasteiger partial charge is 0.326 e. The quantitative estimate of drug-likeness (QED) is 0.509. The number of amidine groups is 1. The van der Waals surface area contributed by atoms with Crippen molar-refractivity contribution in [3.8, 4) is 0 Å². The van der Waals surface area contributed by atoms with Gasteiger partial charge in [0.25, 0.3) is 5.91 Å². The smallest absolute Gasteiger partial charge is 0.262 e. The summed E-state index contributed by atoms with van der Waals surface area (Å²) in [7, 11) is 0. The zero-order valence-electron chi connectivity index (χ0n) is 18.7. The van der Waals surface area contributed by atoms with Crippen LogP contribution in [0.1, 0.15) is 30.0 Å². The van der Waals surface area contributed by atoms with Crippen molar-refractivity contribution < 1.29 is 22.8 Å². The molecule has 3 aromatic rings. The van der Waals surface area contributed by atoms with Crippen LogP contribution in [0.4, 0.5) is 18.9 Å². The minimum Gasteiger partial charge on any atom is -0.326 e. The molecule has 10 heteroatoms. The van der Waals surface area contributed by atoms with E-state index in [1.54, 1.807) is 29.3 Å². The van der Waals surface area contributed by atoms with Gasteiger partial charge in [-0.1, -0.05) is 36.0 Å². The lowest BCUT2D eigenvalue weighted by Gasteiger charge is -2.23. The molecule has 1 N–H and O–H groups in total. The molecule has 0 spiro atoms. The van der Waals surface area contributed by atoms with E-state index in [2.05, 4.69) is 15.4 Å². The molecule has 5 rings (SSSR count). The van der Waals surface area contributed by atoms with Crippen LogP contribution in [-0.4, -0.2) is 33.0 Å². The van der Waals surface area contributed by atoms with E-state index >= 15 is 0 Å². The number of hydrogen-bond acceptors (Lipinski definition) is 5. The van der Waals surface area contributed by atoms with E-state index in [-0.39, 0.29) is 24.1 Å². The number of rotatable bonds is 5. The Kier molecular flexibility index (Phi) is 6.60. The van der Waals surface area contributed by atoms with Gasteiger partial charge in [-0.15, -0.1) is 0 Å². The van der Waals surface area contributed by atoms with Gasteiger partial charge in [-0.25, -0.2) is 18.2 Å². The molecule has 36 heavy (non-hydrogen) atoms. The zero-order valence-corrected chi connectivity index (χ0v) is 19.5. The summed E-state index contributed by atoms with van der Waals surface area (Å²) in [4.78, 5) is 29.3. The zero-order chi connectivity index (χ0) is 25.2. The highest BCUT2D eigenvalue weighted by Gasteiger charge is 2.39. The molecule has 2 heterocycles. The first kappa shape index (κ1) is 23.8. The Balaban J connectivity index is 1.35. The molecular formula is C26H19F3N4O2S. The molecule has 2 amide bonds. The molecule has 0 saturated heterocycles. The fraction of sp³-hybridized carbons (Fsp3) is 0.154. The third kappa shape index (κ3) is 5.18. The van der Waals surface area contributed by atoms with Gasteiger partial charge in [0.15, 0.2) is 5.17 Å². The summed E-state index contributed by atoms with van der Waals surface area (Å²) in [5.74, 6) is -2.04. The summed E-state index contributed by atoms with van der Waals surface area (Å²) in [6, 6.07) is 16.9. The van der Waals surface area contributed by atoms with E-state index in [1.807, 2.05) is 0 Å². The number of hydrazone groups is 1. The van der Waals surface area contributed by atoms with Crippen LogP contribution in [0.2, 0.25) is 0 Å². The predicted molar refractivity (Wildman–Crippen MR) is 132 cm³/mol. The maximum atomic E-state index is 13.5. The number of amides is 2. The second-order valence-electron chi connectivity index (χ2n) is 8.27. The topological polar surface area (TPSA) is 74.1 Å². The first-order valence-electron chi connectivity index (χ1n) is 11.1. The molecule has 0 unspecified atom stereocenters. The summed E-state index contributed by atoms with van der Waals surface area (Å²) in [5, 5.41) is 8.49. The van der Waals surface area contributed by atoms with Crippen molar-refractivity contribution in [2.75, 3.05) is 5.32 Å². The average molecular weight is 509 g/mol. The number of nitrogens with one attached hydrogen (secondary N) is 1. The van der Waals surface area contributed by atoms with Gasteiger partial charge < -0.3 is 5.32 Å². The minimum absolute atomic E-state index is 0.128. The fourth-order valence-corrected chi connectivity index (χ4v) is 5.03. The molecule has 0 aliphatic carbocycles. The molecule has 0 radical (unpaired) electrons. The highest BCUT2D eigenvalue weighted by molar-refractivity contribution is 8.15. The monoisotopic (exact) mass is 508 g/mol. The average Bonchev–Trinajstić information content (AvgIpc) is 3.45. The third-order valence-corrected chi connectivity index (χ3v) is 6.91. The maximum absolute atomic E-state index is 13.5. The van der Waals surface area contributed by atoms with Crippen LogP contribution in [-0.2, 0) is 9.59 Å². The Morgan fingerprint density at radius 1 is 0.917 bits per heavy atom. The van der Waals surface area contributed by atoms with Gasteiger partial charge in [0.05, 0.1) is 11.8 Å². The molecule has 6 nitrogen and oxygen atoms in total. The normalized spacial score (nSPS) is 19.3. The van der Waals surface area contributed by atoms with Crippen molar-refractivity contribution in [1.29, 1.82) is 0 Å². The van der Waals surface area contributed by atoms with E-state index in [0.717, 1.165) is 22.9 Å². The summed E-state index contributed by atoms with van der Waals surface area (Å²) < 4.78 is 40.1. The Morgan fingerprint density at radius 2 is 1.50 bits per heavy atom. The highest BCUT2D eigenvalue weighted by Crippen LogP contribution is 2.38. The van der Waals surface area contributed by atoms with Gasteiger partial charge in [0, 0.05) is 18.5 Å². The van der Waals surface area contributed by atoms with E-state index < -0.39 is 22.9 Å². The number of carbonyl (C=O) groups excluding carboxylic acids is 2. The number of aliphatic imine (C=N–C) groups is 1. The first-order chi connectivity index (χ1) is 17.4. The molecular weight excluding hydrogens is 489 g/mol. The number of carbonyl (C=O) groups is 2. The molecule has 0 aromatic heterocycles. The minimum atomic E-state index is -0.751. The van der Waals surface area contributed by atoms with Gasteiger partial charge in [-0.05, 0) is 59.7 Å². The van der Waals surface area contributed by atoms with Crippen LogP contribution in [0.25, 0.3) is 0 Å². The van der Waals surface area contributed by atoms with Crippen LogP contribution >= 0.6 is 11.8 Å². The lowest BCUT2D eigenvalue weighted by molar-refractivity contribution is -0.121. The molecule has 0 bridgehead atoms. The van der Waals surface area contributed by atoms with Crippen molar-refractivity contribution in [3.63, 3.8) is 0 Å². The number of hydrogen-bond donors (Lipinski definition) is 1. The molecule has 2 atom stereocenters. The number of benzene rings is 3. The second kappa shape index (κ2) is 9.98. The van der Waals surface area contributed by atoms with Crippen molar-refractivity contribution in [2.24, 2.45) is 10.1 Å². The van der Waals surface area contributed by atoms with Crippen LogP contribution in [0.5, 0.6) is 0 Å². The number of anilines is 1. The first-order valence-corrected chi connectivity index (χ1v) is 12.0. The van der Waals surface area contributed by atoms with Crippen molar-refractivity contribution in [3.05, 3.63) is 101 Å².